The van der Waals surface area contributed by atoms with Crippen LogP contribution in [-0.2, 0) is 4.79 Å². The predicted octanol–water partition coefficient (Wildman–Crippen LogP) is 1.43. The minimum absolute atomic E-state index is 0. The largest absolute Gasteiger partial charge is 0.323 e. The van der Waals surface area contributed by atoms with Crippen molar-refractivity contribution in [3.63, 3.8) is 0 Å². The van der Waals surface area contributed by atoms with Crippen molar-refractivity contribution in [2.24, 2.45) is 0 Å². The molecule has 0 aliphatic carbocycles. The Balaban J connectivity index is 0.00000121. The van der Waals surface area contributed by atoms with Gasteiger partial charge in [0.05, 0.1) is 0 Å². The monoisotopic (exact) mass is 170 g/mol. The second kappa shape index (κ2) is 6.00. The molecule has 1 rings (SSSR count). The Hall–Kier alpha value is -0.570. The van der Waals surface area contributed by atoms with Gasteiger partial charge in [-0.1, -0.05) is 24.8 Å². The second-order valence-electron chi connectivity index (χ2n) is 2.06. The van der Waals surface area contributed by atoms with Gasteiger partial charge in [0.25, 0.3) is 0 Å². The molecule has 1 aromatic rings. The molecule has 0 aromatic heterocycles. The summed E-state index contributed by atoms with van der Waals surface area (Å²) in [5.74, 6) is -0.184. The van der Waals surface area contributed by atoms with E-state index in [1.807, 2.05) is 30.3 Å². The molecular weight excluding hydrogens is 161 g/mol. The van der Waals surface area contributed by atoms with E-state index in [1.165, 1.54) is 6.08 Å². The Labute approximate surface area is 94.0 Å². The normalized spacial score (nSPS) is 8.00. The number of nitrogens with one attached hydrogen (secondary N) is 1. The molecule has 12 heavy (non-hydrogen) atoms. The molecule has 0 aliphatic rings. The van der Waals surface area contributed by atoms with E-state index in [1.54, 1.807) is 0 Å². The van der Waals surface area contributed by atoms with E-state index in [9.17, 15) is 4.79 Å². The Morgan fingerprint density at radius 1 is 1.33 bits per heavy atom. The Morgan fingerprint density at radius 2 is 1.92 bits per heavy atom. The Morgan fingerprint density at radius 3 is 2.42 bits per heavy atom. The maximum atomic E-state index is 10.8. The molecule has 57 valence electrons. The van der Waals surface area contributed by atoms with Crippen molar-refractivity contribution in [1.29, 1.82) is 0 Å². The van der Waals surface area contributed by atoms with Crippen molar-refractivity contribution >= 4 is 41.2 Å². The minimum atomic E-state index is -0.184. The maximum Gasteiger partial charge on any atom is 0.247 e. The summed E-state index contributed by atoms with van der Waals surface area (Å²) in [7, 11) is 0. The molecule has 0 unspecified atom stereocenters. The van der Waals surface area contributed by atoms with Crippen molar-refractivity contribution in [3.05, 3.63) is 43.0 Å². The Bertz CT molecular complexity index is 258. The van der Waals surface area contributed by atoms with E-state index in [2.05, 4.69) is 11.9 Å². The van der Waals surface area contributed by atoms with Crippen LogP contribution in [0, 0.1) is 0 Å². The predicted molar refractivity (Wildman–Crippen MR) is 51.0 cm³/mol. The molecule has 0 saturated carbocycles. The van der Waals surface area contributed by atoms with E-state index < -0.39 is 0 Å². The van der Waals surface area contributed by atoms with Gasteiger partial charge in [-0.2, -0.15) is 0 Å². The topological polar surface area (TPSA) is 29.1 Å². The van der Waals surface area contributed by atoms with Crippen LogP contribution < -0.4 is 5.32 Å². The van der Waals surface area contributed by atoms with Crippen molar-refractivity contribution < 1.29 is 4.79 Å². The number of amides is 1. The summed E-state index contributed by atoms with van der Waals surface area (Å²) < 4.78 is 0. The molecule has 0 saturated heterocycles. The molecule has 0 heterocycles. The van der Waals surface area contributed by atoms with Crippen LogP contribution >= 0.6 is 0 Å². The van der Waals surface area contributed by atoms with E-state index in [-0.39, 0.29) is 35.5 Å². The van der Waals surface area contributed by atoms with Gasteiger partial charge in [-0.3, -0.25) is 4.79 Å². The molecule has 0 fully saturated rings. The van der Waals surface area contributed by atoms with Crippen LogP contribution in [0.3, 0.4) is 0 Å². The molecule has 1 amide bonds. The minimum Gasteiger partial charge on any atom is -0.323 e. The molecule has 1 N–H and O–H groups in total. The fourth-order valence-electron chi connectivity index (χ4n) is 0.715. The smallest absolute Gasteiger partial charge is 0.247 e. The molecule has 1 aromatic carbocycles. The van der Waals surface area contributed by atoms with Gasteiger partial charge in [-0.15, -0.1) is 0 Å². The third-order valence-corrected chi connectivity index (χ3v) is 1.23. The molecular formula is C9H9NNaO. The number of anilines is 1. The van der Waals surface area contributed by atoms with Crippen LogP contribution in [0.15, 0.2) is 43.0 Å². The first-order chi connectivity index (χ1) is 5.33. The fraction of sp³-hybridized carbons (Fsp3) is 0. The van der Waals surface area contributed by atoms with Crippen molar-refractivity contribution in [3.8, 4) is 0 Å². The fourth-order valence-corrected chi connectivity index (χ4v) is 0.715. The third kappa shape index (κ3) is 3.72. The van der Waals surface area contributed by atoms with Gasteiger partial charge >= 0.3 is 0 Å². The summed E-state index contributed by atoms with van der Waals surface area (Å²) in [4.78, 5) is 10.8. The van der Waals surface area contributed by atoms with Gasteiger partial charge in [-0.25, -0.2) is 0 Å². The van der Waals surface area contributed by atoms with Crippen LogP contribution in [0.1, 0.15) is 0 Å². The summed E-state index contributed by atoms with van der Waals surface area (Å²) in [6.07, 6.45) is 1.24. The molecule has 3 heteroatoms. The number of carbonyl (C=O) groups excluding carboxylic acids is 1. The number of hydrogen-bond acceptors (Lipinski definition) is 1. The molecule has 1 radical (unpaired) electrons. The van der Waals surface area contributed by atoms with Crippen LogP contribution in [0.25, 0.3) is 0 Å². The summed E-state index contributed by atoms with van der Waals surface area (Å²) in [6.45, 7) is 3.34. The number of para-hydroxylation sites is 1. The van der Waals surface area contributed by atoms with Crippen LogP contribution in [0.5, 0.6) is 0 Å². The van der Waals surface area contributed by atoms with Crippen molar-refractivity contribution in [1.82, 2.24) is 0 Å². The SMILES string of the molecule is C=CC(=O)Nc1ccccc1.[Na]. The first kappa shape index (κ1) is 11.4. The van der Waals surface area contributed by atoms with Crippen molar-refractivity contribution in [2.75, 3.05) is 5.32 Å². The standard InChI is InChI=1S/C9H9NO.Na/c1-2-9(11)10-8-6-4-3-5-7-8;/h2-7H,1H2,(H,10,11);. The molecule has 0 aliphatic heterocycles. The zero-order chi connectivity index (χ0) is 8.10. The number of rotatable bonds is 2. The maximum absolute atomic E-state index is 10.8. The first-order valence-corrected chi connectivity index (χ1v) is 3.31. The number of hydrogen-bond donors (Lipinski definition) is 1. The summed E-state index contributed by atoms with van der Waals surface area (Å²) in [6, 6.07) is 9.25. The molecule has 0 spiro atoms. The van der Waals surface area contributed by atoms with Crippen LogP contribution in [-0.4, -0.2) is 35.5 Å². The van der Waals surface area contributed by atoms with E-state index in [0.717, 1.165) is 5.69 Å². The summed E-state index contributed by atoms with van der Waals surface area (Å²) in [5.41, 5.74) is 0.789. The van der Waals surface area contributed by atoms with Gasteiger partial charge in [0.15, 0.2) is 0 Å². The zero-order valence-corrected chi connectivity index (χ0v) is 9.08. The third-order valence-electron chi connectivity index (χ3n) is 1.23. The molecule has 0 bridgehead atoms. The van der Waals surface area contributed by atoms with Gasteiger partial charge in [-0.05, 0) is 18.2 Å². The van der Waals surface area contributed by atoms with Crippen molar-refractivity contribution in [2.45, 2.75) is 0 Å². The van der Waals surface area contributed by atoms with E-state index >= 15 is 0 Å². The molecule has 2 nitrogen and oxygen atoms in total. The summed E-state index contributed by atoms with van der Waals surface area (Å²) >= 11 is 0. The van der Waals surface area contributed by atoms with Crippen LogP contribution in [0.2, 0.25) is 0 Å². The molecule has 0 atom stereocenters. The van der Waals surface area contributed by atoms with Gasteiger partial charge in [0.2, 0.25) is 5.91 Å². The van der Waals surface area contributed by atoms with Gasteiger partial charge in [0.1, 0.15) is 0 Å². The van der Waals surface area contributed by atoms with Gasteiger partial charge in [0, 0.05) is 35.2 Å². The van der Waals surface area contributed by atoms with Crippen LogP contribution in [0.4, 0.5) is 5.69 Å². The first-order valence-electron chi connectivity index (χ1n) is 3.31. The Kier molecular flexibility index (Phi) is 5.72. The quantitative estimate of drug-likeness (QED) is 0.528. The van der Waals surface area contributed by atoms with E-state index in [0.29, 0.717) is 0 Å². The number of benzene rings is 1. The van der Waals surface area contributed by atoms with E-state index in [4.69, 9.17) is 0 Å². The zero-order valence-electron chi connectivity index (χ0n) is 7.08. The number of carbonyl (C=O) groups is 1. The summed E-state index contributed by atoms with van der Waals surface area (Å²) in [5, 5.41) is 2.63. The average molecular weight is 170 g/mol. The second-order valence-corrected chi connectivity index (χ2v) is 2.06. The average Bonchev–Trinajstić information content (AvgIpc) is 2.06. The van der Waals surface area contributed by atoms with Gasteiger partial charge < -0.3 is 5.32 Å².